The first-order chi connectivity index (χ1) is 5.92. The number of ether oxygens (including phenoxy) is 1. The number of pyridine rings is 1. The molecule has 0 bridgehead atoms. The monoisotopic (exact) mass is 163 g/mol. The molecule has 0 aromatic carbocycles. The Kier molecular flexibility index (Phi) is 1.98. The summed E-state index contributed by atoms with van der Waals surface area (Å²) < 4.78 is 5.52. The molecule has 0 amide bonds. The van der Waals surface area contributed by atoms with Gasteiger partial charge >= 0.3 is 0 Å². The lowest BCUT2D eigenvalue weighted by Gasteiger charge is -2.23. The van der Waals surface area contributed by atoms with Crippen molar-refractivity contribution in [3.8, 4) is 5.75 Å². The van der Waals surface area contributed by atoms with Crippen LogP contribution in [0.2, 0.25) is 0 Å². The van der Waals surface area contributed by atoms with Crippen LogP contribution in [-0.2, 0) is 0 Å². The van der Waals surface area contributed by atoms with E-state index in [1.54, 1.807) is 6.20 Å². The molecule has 1 aliphatic heterocycles. The zero-order chi connectivity index (χ0) is 8.39. The zero-order valence-corrected chi connectivity index (χ0v) is 7.29. The Morgan fingerprint density at radius 2 is 2.58 bits per heavy atom. The average molecular weight is 163 g/mol. The van der Waals surface area contributed by atoms with Crippen molar-refractivity contribution < 1.29 is 4.74 Å². The molecule has 0 saturated carbocycles. The molecule has 2 rings (SSSR count). The predicted octanol–water partition coefficient (Wildman–Crippen LogP) is 2.36. The van der Waals surface area contributed by atoms with Crippen molar-refractivity contribution in [3.05, 3.63) is 24.0 Å². The summed E-state index contributed by atoms with van der Waals surface area (Å²) in [5.74, 6) is 1.69. The molecule has 1 aromatic rings. The van der Waals surface area contributed by atoms with Gasteiger partial charge in [-0.3, -0.25) is 4.98 Å². The molecule has 2 heterocycles. The minimum absolute atomic E-state index is 0.655. The van der Waals surface area contributed by atoms with Crippen LogP contribution in [0.4, 0.5) is 0 Å². The lowest BCUT2D eigenvalue weighted by Crippen LogP contribution is -2.13. The van der Waals surface area contributed by atoms with Gasteiger partial charge in [-0.1, -0.05) is 6.92 Å². The maximum absolute atomic E-state index is 5.52. The highest BCUT2D eigenvalue weighted by Gasteiger charge is 2.19. The average Bonchev–Trinajstić information content (AvgIpc) is 2.17. The van der Waals surface area contributed by atoms with Crippen LogP contribution in [0.1, 0.15) is 31.2 Å². The maximum atomic E-state index is 5.52. The summed E-state index contributed by atoms with van der Waals surface area (Å²) in [7, 11) is 0. The Balaban J connectivity index is 2.37. The van der Waals surface area contributed by atoms with Crippen molar-refractivity contribution in [1.82, 2.24) is 4.98 Å². The van der Waals surface area contributed by atoms with Gasteiger partial charge in [0.25, 0.3) is 0 Å². The van der Waals surface area contributed by atoms with Crippen LogP contribution >= 0.6 is 0 Å². The molecule has 2 nitrogen and oxygen atoms in total. The Morgan fingerprint density at radius 3 is 3.42 bits per heavy atom. The highest BCUT2D eigenvalue weighted by atomic mass is 16.5. The van der Waals surface area contributed by atoms with E-state index in [9.17, 15) is 0 Å². The fourth-order valence-electron chi connectivity index (χ4n) is 1.72. The Morgan fingerprint density at radius 1 is 1.67 bits per heavy atom. The van der Waals surface area contributed by atoms with Gasteiger partial charge < -0.3 is 4.74 Å². The van der Waals surface area contributed by atoms with E-state index in [0.717, 1.165) is 18.8 Å². The molecule has 0 spiro atoms. The van der Waals surface area contributed by atoms with Gasteiger partial charge in [0.1, 0.15) is 5.75 Å². The highest BCUT2D eigenvalue weighted by molar-refractivity contribution is 5.34. The van der Waals surface area contributed by atoms with E-state index in [4.69, 9.17) is 4.74 Å². The first-order valence-corrected chi connectivity index (χ1v) is 4.48. The molecule has 0 unspecified atom stereocenters. The summed E-state index contributed by atoms with van der Waals surface area (Å²) >= 11 is 0. The van der Waals surface area contributed by atoms with Crippen LogP contribution in [0.15, 0.2) is 18.5 Å². The lowest BCUT2D eigenvalue weighted by atomic mass is 9.92. The van der Waals surface area contributed by atoms with E-state index in [1.807, 2.05) is 12.3 Å². The normalized spacial score (nSPS) is 21.2. The van der Waals surface area contributed by atoms with Gasteiger partial charge in [0.15, 0.2) is 0 Å². The molecule has 2 heteroatoms. The van der Waals surface area contributed by atoms with Gasteiger partial charge in [0.05, 0.1) is 6.61 Å². The van der Waals surface area contributed by atoms with Crippen molar-refractivity contribution in [2.45, 2.75) is 25.7 Å². The number of nitrogens with zero attached hydrogens (tertiary/aromatic N) is 1. The maximum Gasteiger partial charge on any atom is 0.125 e. The quantitative estimate of drug-likeness (QED) is 0.634. The predicted molar refractivity (Wildman–Crippen MR) is 47.4 cm³/mol. The first kappa shape index (κ1) is 7.59. The minimum Gasteiger partial charge on any atom is -0.493 e. The van der Waals surface area contributed by atoms with E-state index in [2.05, 4.69) is 11.9 Å². The number of hydrogen-bond acceptors (Lipinski definition) is 2. The number of rotatable bonds is 1. The van der Waals surface area contributed by atoms with E-state index in [1.165, 1.54) is 12.0 Å². The van der Waals surface area contributed by atoms with Gasteiger partial charge in [-0.05, 0) is 24.8 Å². The lowest BCUT2D eigenvalue weighted by molar-refractivity contribution is 0.264. The van der Waals surface area contributed by atoms with E-state index >= 15 is 0 Å². The minimum atomic E-state index is 0.655. The van der Waals surface area contributed by atoms with Crippen LogP contribution < -0.4 is 4.74 Å². The van der Waals surface area contributed by atoms with Crippen molar-refractivity contribution >= 4 is 0 Å². The highest BCUT2D eigenvalue weighted by Crippen LogP contribution is 2.34. The molecule has 0 N–H and O–H groups in total. The number of fused-ring (bicyclic) bond motifs is 1. The van der Waals surface area contributed by atoms with Gasteiger partial charge in [0, 0.05) is 18.0 Å². The summed E-state index contributed by atoms with van der Waals surface area (Å²) in [6, 6.07) is 1.96. The fraction of sp³-hybridized carbons (Fsp3) is 0.500. The van der Waals surface area contributed by atoms with Crippen LogP contribution in [0, 0.1) is 0 Å². The molecule has 0 saturated heterocycles. The number of aromatic nitrogens is 1. The molecule has 1 aromatic heterocycles. The standard InChI is InChI=1S/C10H13NO/c1-2-8-4-6-12-10-3-5-11-7-9(8)10/h3,5,7-8H,2,4,6H2,1H3/t8-/m0/s1. The number of hydrogen-bond donors (Lipinski definition) is 0. The van der Waals surface area contributed by atoms with Crippen molar-refractivity contribution in [1.29, 1.82) is 0 Å². The summed E-state index contributed by atoms with van der Waals surface area (Å²) in [5, 5.41) is 0. The molecule has 0 fully saturated rings. The van der Waals surface area contributed by atoms with Gasteiger partial charge in [-0.25, -0.2) is 0 Å². The van der Waals surface area contributed by atoms with Crippen LogP contribution in [-0.4, -0.2) is 11.6 Å². The molecule has 1 aliphatic rings. The summed E-state index contributed by atoms with van der Waals surface area (Å²) in [6.07, 6.45) is 6.04. The second-order valence-electron chi connectivity index (χ2n) is 3.16. The first-order valence-electron chi connectivity index (χ1n) is 4.48. The van der Waals surface area contributed by atoms with Gasteiger partial charge in [-0.15, -0.1) is 0 Å². The third-order valence-corrected chi connectivity index (χ3v) is 2.47. The van der Waals surface area contributed by atoms with Crippen LogP contribution in [0.3, 0.4) is 0 Å². The topological polar surface area (TPSA) is 22.1 Å². The molecule has 0 radical (unpaired) electrons. The third kappa shape index (κ3) is 1.17. The van der Waals surface area contributed by atoms with E-state index in [-0.39, 0.29) is 0 Å². The zero-order valence-electron chi connectivity index (χ0n) is 7.29. The summed E-state index contributed by atoms with van der Waals surface area (Å²) in [5.41, 5.74) is 1.28. The summed E-state index contributed by atoms with van der Waals surface area (Å²) in [4.78, 5) is 4.12. The van der Waals surface area contributed by atoms with Crippen molar-refractivity contribution in [3.63, 3.8) is 0 Å². The second-order valence-corrected chi connectivity index (χ2v) is 3.16. The van der Waals surface area contributed by atoms with Crippen LogP contribution in [0.5, 0.6) is 5.75 Å². The third-order valence-electron chi connectivity index (χ3n) is 2.47. The van der Waals surface area contributed by atoms with Crippen LogP contribution in [0.25, 0.3) is 0 Å². The molecular weight excluding hydrogens is 150 g/mol. The smallest absolute Gasteiger partial charge is 0.125 e. The molecule has 1 atom stereocenters. The van der Waals surface area contributed by atoms with E-state index in [0.29, 0.717) is 5.92 Å². The van der Waals surface area contributed by atoms with Gasteiger partial charge in [0.2, 0.25) is 0 Å². The summed E-state index contributed by atoms with van der Waals surface area (Å²) in [6.45, 7) is 3.07. The Hall–Kier alpha value is -1.05. The largest absolute Gasteiger partial charge is 0.493 e. The molecule has 12 heavy (non-hydrogen) atoms. The molecular formula is C10H13NO. The Labute approximate surface area is 72.6 Å². The van der Waals surface area contributed by atoms with Crippen molar-refractivity contribution in [2.75, 3.05) is 6.61 Å². The molecule has 64 valence electrons. The SMILES string of the molecule is CC[C@H]1CCOc2ccncc21. The van der Waals surface area contributed by atoms with E-state index < -0.39 is 0 Å². The Bertz CT molecular complexity index is 272. The molecule has 0 aliphatic carbocycles. The van der Waals surface area contributed by atoms with Crippen molar-refractivity contribution in [2.24, 2.45) is 0 Å². The fourth-order valence-corrected chi connectivity index (χ4v) is 1.72. The van der Waals surface area contributed by atoms with Gasteiger partial charge in [-0.2, -0.15) is 0 Å². The second kappa shape index (κ2) is 3.13.